The van der Waals surface area contributed by atoms with E-state index in [9.17, 15) is 15.0 Å². The first kappa shape index (κ1) is 12.4. The van der Waals surface area contributed by atoms with Crippen molar-refractivity contribution in [3.8, 4) is 11.5 Å². The lowest BCUT2D eigenvalue weighted by molar-refractivity contribution is -0.145. The molecule has 88 valence electrons. The number of ether oxygens (including phenoxy) is 1. The molecule has 0 aliphatic heterocycles. The molecule has 0 aliphatic carbocycles. The van der Waals surface area contributed by atoms with Crippen LogP contribution in [0.5, 0.6) is 11.5 Å². The third-order valence-electron chi connectivity index (χ3n) is 2.06. The molecule has 4 heteroatoms. The smallest absolute Gasteiger partial charge is 0.306 e. The predicted octanol–water partition coefficient (Wildman–Crippen LogP) is 2.19. The number of aromatic hydroxyl groups is 2. The van der Waals surface area contributed by atoms with Crippen molar-refractivity contribution in [2.75, 3.05) is 0 Å². The van der Waals surface area contributed by atoms with E-state index in [1.807, 2.05) is 13.8 Å². The van der Waals surface area contributed by atoms with E-state index >= 15 is 0 Å². The molecule has 0 aliphatic rings. The van der Waals surface area contributed by atoms with E-state index in [2.05, 4.69) is 0 Å². The van der Waals surface area contributed by atoms with Crippen LogP contribution in [-0.4, -0.2) is 16.2 Å². The van der Waals surface area contributed by atoms with Crippen LogP contribution in [0.1, 0.15) is 25.8 Å². The van der Waals surface area contributed by atoms with Crippen LogP contribution in [0.3, 0.4) is 0 Å². The van der Waals surface area contributed by atoms with E-state index in [-0.39, 0.29) is 30.0 Å². The van der Waals surface area contributed by atoms with Gasteiger partial charge in [-0.15, -0.1) is 0 Å². The van der Waals surface area contributed by atoms with E-state index in [1.165, 1.54) is 6.07 Å². The second-order valence-electron chi connectivity index (χ2n) is 4.04. The first-order valence-corrected chi connectivity index (χ1v) is 5.16. The minimum absolute atomic E-state index is 0.0220. The van der Waals surface area contributed by atoms with Gasteiger partial charge in [0.15, 0.2) is 11.5 Å². The normalized spacial score (nSPS) is 10.4. The summed E-state index contributed by atoms with van der Waals surface area (Å²) < 4.78 is 4.96. The molecule has 1 aromatic rings. The van der Waals surface area contributed by atoms with Crippen molar-refractivity contribution < 1.29 is 19.7 Å². The molecule has 0 amide bonds. The summed E-state index contributed by atoms with van der Waals surface area (Å²) in [7, 11) is 0. The summed E-state index contributed by atoms with van der Waals surface area (Å²) >= 11 is 0. The number of para-hydroxylation sites is 1. The third kappa shape index (κ3) is 3.46. The maximum atomic E-state index is 11.3. The standard InChI is InChI=1S/C12H16O4/c1-8(2)6-11(14)16-7-9-4-3-5-10(13)12(9)15/h3-5,8,13,15H,6-7H2,1-2H3. The van der Waals surface area contributed by atoms with Crippen LogP contribution in [-0.2, 0) is 16.1 Å². The van der Waals surface area contributed by atoms with Gasteiger partial charge < -0.3 is 14.9 Å². The summed E-state index contributed by atoms with van der Waals surface area (Å²) in [4.78, 5) is 11.3. The summed E-state index contributed by atoms with van der Waals surface area (Å²) in [6.45, 7) is 3.83. The Morgan fingerprint density at radius 3 is 2.69 bits per heavy atom. The zero-order valence-electron chi connectivity index (χ0n) is 9.43. The van der Waals surface area contributed by atoms with Gasteiger partial charge in [-0.2, -0.15) is 0 Å². The minimum atomic E-state index is -0.308. The van der Waals surface area contributed by atoms with E-state index in [0.29, 0.717) is 12.0 Å². The quantitative estimate of drug-likeness (QED) is 0.607. The van der Waals surface area contributed by atoms with Gasteiger partial charge in [0.2, 0.25) is 0 Å². The van der Waals surface area contributed by atoms with Crippen LogP contribution >= 0.6 is 0 Å². The highest BCUT2D eigenvalue weighted by Crippen LogP contribution is 2.28. The Labute approximate surface area is 94.5 Å². The van der Waals surface area contributed by atoms with Crippen molar-refractivity contribution in [3.63, 3.8) is 0 Å². The van der Waals surface area contributed by atoms with Crippen molar-refractivity contribution >= 4 is 5.97 Å². The van der Waals surface area contributed by atoms with Crippen LogP contribution < -0.4 is 0 Å². The highest BCUT2D eigenvalue weighted by atomic mass is 16.5. The lowest BCUT2D eigenvalue weighted by Gasteiger charge is -2.08. The first-order chi connectivity index (χ1) is 7.50. The summed E-state index contributed by atoms with van der Waals surface area (Å²) in [5.41, 5.74) is 0.400. The molecule has 0 aromatic heterocycles. The van der Waals surface area contributed by atoms with Gasteiger partial charge in [0.05, 0.1) is 0 Å². The van der Waals surface area contributed by atoms with Gasteiger partial charge in [-0.25, -0.2) is 0 Å². The molecule has 0 atom stereocenters. The van der Waals surface area contributed by atoms with Crippen molar-refractivity contribution in [2.45, 2.75) is 26.9 Å². The number of carbonyl (C=O) groups is 1. The molecule has 16 heavy (non-hydrogen) atoms. The zero-order valence-corrected chi connectivity index (χ0v) is 9.43. The largest absolute Gasteiger partial charge is 0.504 e. The highest BCUT2D eigenvalue weighted by Gasteiger charge is 2.10. The van der Waals surface area contributed by atoms with Crippen LogP contribution in [0.2, 0.25) is 0 Å². The molecule has 0 saturated heterocycles. The Bertz CT molecular complexity index is 371. The molecule has 0 unspecified atom stereocenters. The summed E-state index contributed by atoms with van der Waals surface area (Å²) in [6.07, 6.45) is 0.347. The number of phenols is 2. The molecule has 0 spiro atoms. The summed E-state index contributed by atoms with van der Waals surface area (Å²) in [6, 6.07) is 4.55. The predicted molar refractivity (Wildman–Crippen MR) is 59.0 cm³/mol. The first-order valence-electron chi connectivity index (χ1n) is 5.16. The Hall–Kier alpha value is -1.71. The summed E-state index contributed by atoms with van der Waals surface area (Å²) in [5, 5.41) is 18.7. The average molecular weight is 224 g/mol. The number of benzene rings is 1. The number of hydrogen-bond donors (Lipinski definition) is 2. The molecule has 2 N–H and O–H groups in total. The van der Waals surface area contributed by atoms with Gasteiger partial charge in [0.25, 0.3) is 0 Å². The Morgan fingerprint density at radius 2 is 2.06 bits per heavy atom. The number of hydrogen-bond acceptors (Lipinski definition) is 4. The van der Waals surface area contributed by atoms with Gasteiger partial charge in [0.1, 0.15) is 6.61 Å². The molecule has 0 fully saturated rings. The topological polar surface area (TPSA) is 66.8 Å². The Kier molecular flexibility index (Phi) is 4.17. The number of esters is 1. The Balaban J connectivity index is 2.55. The maximum Gasteiger partial charge on any atom is 0.306 e. The molecule has 0 saturated carbocycles. The minimum Gasteiger partial charge on any atom is -0.504 e. The van der Waals surface area contributed by atoms with Crippen LogP contribution in [0, 0.1) is 5.92 Å². The van der Waals surface area contributed by atoms with Gasteiger partial charge in [-0.3, -0.25) is 4.79 Å². The van der Waals surface area contributed by atoms with Crippen LogP contribution in [0.25, 0.3) is 0 Å². The molecule has 1 aromatic carbocycles. The van der Waals surface area contributed by atoms with Crippen LogP contribution in [0.4, 0.5) is 0 Å². The number of carbonyl (C=O) groups excluding carboxylic acids is 1. The van der Waals surface area contributed by atoms with Gasteiger partial charge in [0, 0.05) is 12.0 Å². The average Bonchev–Trinajstić information content (AvgIpc) is 2.19. The van der Waals surface area contributed by atoms with Gasteiger partial charge in [-0.05, 0) is 12.0 Å². The molecule has 1 rings (SSSR count). The molecule has 0 heterocycles. The van der Waals surface area contributed by atoms with Gasteiger partial charge >= 0.3 is 5.97 Å². The molecule has 0 radical (unpaired) electrons. The van der Waals surface area contributed by atoms with Crippen molar-refractivity contribution in [3.05, 3.63) is 23.8 Å². The number of rotatable bonds is 4. The van der Waals surface area contributed by atoms with E-state index < -0.39 is 0 Å². The zero-order chi connectivity index (χ0) is 12.1. The molecule has 4 nitrogen and oxygen atoms in total. The van der Waals surface area contributed by atoms with Crippen molar-refractivity contribution in [2.24, 2.45) is 5.92 Å². The second-order valence-corrected chi connectivity index (χ2v) is 4.04. The fourth-order valence-electron chi connectivity index (χ4n) is 1.24. The Morgan fingerprint density at radius 1 is 1.38 bits per heavy atom. The number of phenolic OH excluding ortho intramolecular Hbond substituents is 2. The monoisotopic (exact) mass is 224 g/mol. The highest BCUT2D eigenvalue weighted by molar-refractivity contribution is 5.69. The van der Waals surface area contributed by atoms with E-state index in [0.717, 1.165) is 0 Å². The third-order valence-corrected chi connectivity index (χ3v) is 2.06. The lowest BCUT2D eigenvalue weighted by Crippen LogP contribution is -2.07. The second kappa shape index (κ2) is 5.39. The lowest BCUT2D eigenvalue weighted by atomic mass is 10.1. The molecular weight excluding hydrogens is 208 g/mol. The van der Waals surface area contributed by atoms with E-state index in [4.69, 9.17) is 4.74 Å². The fourth-order valence-corrected chi connectivity index (χ4v) is 1.24. The van der Waals surface area contributed by atoms with E-state index in [1.54, 1.807) is 12.1 Å². The SMILES string of the molecule is CC(C)CC(=O)OCc1cccc(O)c1O. The molecule has 0 bridgehead atoms. The van der Waals surface area contributed by atoms with Crippen molar-refractivity contribution in [1.82, 2.24) is 0 Å². The summed E-state index contributed by atoms with van der Waals surface area (Å²) in [5.74, 6) is -0.514. The van der Waals surface area contributed by atoms with Gasteiger partial charge in [-0.1, -0.05) is 26.0 Å². The van der Waals surface area contributed by atoms with Crippen LogP contribution in [0.15, 0.2) is 18.2 Å². The fraction of sp³-hybridized carbons (Fsp3) is 0.417. The maximum absolute atomic E-state index is 11.3. The van der Waals surface area contributed by atoms with Crippen molar-refractivity contribution in [1.29, 1.82) is 0 Å². The molecular formula is C12H16O4.